The van der Waals surface area contributed by atoms with Gasteiger partial charge < -0.3 is 10.2 Å². The number of halogens is 1. The molecular formula is C25H24FN3O4. The first kappa shape index (κ1) is 23.6. The van der Waals surface area contributed by atoms with Crippen molar-refractivity contribution in [3.63, 3.8) is 0 Å². The minimum absolute atomic E-state index is 0.156. The third-order valence-corrected chi connectivity index (χ3v) is 5.35. The van der Waals surface area contributed by atoms with Crippen LogP contribution in [0.1, 0.15) is 16.7 Å². The van der Waals surface area contributed by atoms with Crippen LogP contribution in [0.5, 0.6) is 0 Å². The van der Waals surface area contributed by atoms with Gasteiger partial charge in [-0.2, -0.15) is 0 Å². The summed E-state index contributed by atoms with van der Waals surface area (Å²) >= 11 is 0. The Labute approximate surface area is 191 Å². The predicted octanol–water partition coefficient (Wildman–Crippen LogP) is 3.66. The summed E-state index contributed by atoms with van der Waals surface area (Å²) in [4.78, 5) is 38.5. The second-order valence-corrected chi connectivity index (χ2v) is 7.50. The molecule has 3 aromatic rings. The van der Waals surface area contributed by atoms with Crippen LogP contribution in [0.3, 0.4) is 0 Å². The summed E-state index contributed by atoms with van der Waals surface area (Å²) in [6.45, 7) is -0.156. The molecule has 1 atom stereocenters. The van der Waals surface area contributed by atoms with Crippen molar-refractivity contribution in [1.82, 2.24) is 10.2 Å². The first-order valence-electron chi connectivity index (χ1n) is 10.4. The van der Waals surface area contributed by atoms with Gasteiger partial charge in [0, 0.05) is 37.2 Å². The maximum Gasteiger partial charge on any atom is 0.273 e. The molecule has 0 heterocycles. The molecule has 0 saturated heterocycles. The molecule has 0 bridgehead atoms. The van der Waals surface area contributed by atoms with Gasteiger partial charge in [-0.1, -0.05) is 66.7 Å². The zero-order valence-corrected chi connectivity index (χ0v) is 18.1. The Hall–Kier alpha value is -4.07. The minimum Gasteiger partial charge on any atom is -0.357 e. The number of likely N-dealkylation sites (N-methyl/N-ethyl adjacent to an activating group) is 1. The molecule has 170 valence electrons. The van der Waals surface area contributed by atoms with Crippen LogP contribution >= 0.6 is 0 Å². The van der Waals surface area contributed by atoms with Crippen molar-refractivity contribution >= 4 is 17.5 Å². The highest BCUT2D eigenvalue weighted by molar-refractivity contribution is 5.89. The third kappa shape index (κ3) is 6.00. The number of hydrogen-bond acceptors (Lipinski definition) is 4. The largest absolute Gasteiger partial charge is 0.357 e. The molecule has 3 aromatic carbocycles. The van der Waals surface area contributed by atoms with Gasteiger partial charge in [0.2, 0.25) is 11.8 Å². The molecule has 0 fully saturated rings. The normalized spacial score (nSPS) is 11.5. The van der Waals surface area contributed by atoms with Crippen LogP contribution in [-0.4, -0.2) is 34.7 Å². The topological polar surface area (TPSA) is 92.6 Å². The maximum absolute atomic E-state index is 14.5. The molecule has 0 spiro atoms. The standard InChI is InChI=1S/C25H24FN3O4/c1-27-25(31)23(15-18-9-3-2-4-10-18)28(17-20-12-5-7-13-21(20)26)24(30)16-19-11-6-8-14-22(19)29(32)33/h2-14,23H,15-17H2,1H3,(H,27,31)/t23-/m1/s1. The zero-order chi connectivity index (χ0) is 23.8. The first-order chi connectivity index (χ1) is 15.9. The third-order valence-electron chi connectivity index (χ3n) is 5.35. The van der Waals surface area contributed by atoms with Gasteiger partial charge in [-0.15, -0.1) is 0 Å². The fourth-order valence-corrected chi connectivity index (χ4v) is 3.63. The molecule has 0 unspecified atom stereocenters. The van der Waals surface area contributed by atoms with Crippen molar-refractivity contribution in [2.24, 2.45) is 0 Å². The highest BCUT2D eigenvalue weighted by Gasteiger charge is 2.31. The lowest BCUT2D eigenvalue weighted by atomic mass is 10.0. The molecule has 33 heavy (non-hydrogen) atoms. The molecule has 7 nitrogen and oxygen atoms in total. The fraction of sp³-hybridized carbons (Fsp3) is 0.200. The van der Waals surface area contributed by atoms with Gasteiger partial charge in [-0.25, -0.2) is 4.39 Å². The van der Waals surface area contributed by atoms with Crippen LogP contribution in [-0.2, 0) is 29.0 Å². The van der Waals surface area contributed by atoms with E-state index in [1.54, 1.807) is 24.3 Å². The van der Waals surface area contributed by atoms with E-state index in [2.05, 4.69) is 5.32 Å². The quantitative estimate of drug-likeness (QED) is 0.399. The van der Waals surface area contributed by atoms with Crippen molar-refractivity contribution in [3.05, 3.63) is 111 Å². The number of amides is 2. The Morgan fingerprint density at radius 2 is 1.58 bits per heavy atom. The van der Waals surface area contributed by atoms with E-state index in [0.29, 0.717) is 0 Å². The van der Waals surface area contributed by atoms with Crippen LogP contribution in [0, 0.1) is 15.9 Å². The van der Waals surface area contributed by atoms with Gasteiger partial charge in [0.05, 0.1) is 11.3 Å². The number of nitro groups is 1. The highest BCUT2D eigenvalue weighted by atomic mass is 19.1. The van der Waals surface area contributed by atoms with Crippen molar-refractivity contribution in [1.29, 1.82) is 0 Å². The first-order valence-corrected chi connectivity index (χ1v) is 10.4. The molecule has 0 aliphatic rings. The predicted molar refractivity (Wildman–Crippen MR) is 122 cm³/mol. The van der Waals surface area contributed by atoms with Crippen molar-refractivity contribution in [3.8, 4) is 0 Å². The van der Waals surface area contributed by atoms with E-state index in [-0.39, 0.29) is 36.2 Å². The van der Waals surface area contributed by atoms with E-state index in [4.69, 9.17) is 0 Å². The SMILES string of the molecule is CNC(=O)[C@@H](Cc1ccccc1)N(Cc1ccccc1F)C(=O)Cc1ccccc1[N+](=O)[O-]. The Kier molecular flexibility index (Phi) is 7.86. The van der Waals surface area contributed by atoms with Crippen molar-refractivity contribution in [2.75, 3.05) is 7.05 Å². The van der Waals surface area contributed by atoms with Crippen LogP contribution in [0.2, 0.25) is 0 Å². The molecule has 3 rings (SSSR count). The number of para-hydroxylation sites is 1. The Balaban J connectivity index is 2.00. The lowest BCUT2D eigenvalue weighted by molar-refractivity contribution is -0.385. The molecule has 2 amide bonds. The molecule has 0 aliphatic heterocycles. The second-order valence-electron chi connectivity index (χ2n) is 7.50. The van der Waals surface area contributed by atoms with Gasteiger partial charge in [-0.05, 0) is 11.6 Å². The lowest BCUT2D eigenvalue weighted by Crippen LogP contribution is -2.50. The Morgan fingerprint density at radius 3 is 2.21 bits per heavy atom. The van der Waals surface area contributed by atoms with E-state index in [1.807, 2.05) is 30.3 Å². The zero-order valence-electron chi connectivity index (χ0n) is 18.1. The average molecular weight is 449 g/mol. The minimum atomic E-state index is -0.938. The molecule has 1 N–H and O–H groups in total. The summed E-state index contributed by atoms with van der Waals surface area (Å²) in [5.41, 5.74) is 1.11. The molecule has 0 aromatic heterocycles. The van der Waals surface area contributed by atoms with E-state index in [9.17, 15) is 24.1 Å². The van der Waals surface area contributed by atoms with Gasteiger partial charge in [0.1, 0.15) is 11.9 Å². The summed E-state index contributed by atoms with van der Waals surface area (Å²) in [5.74, 6) is -1.43. The Bertz CT molecular complexity index is 1140. The van der Waals surface area contributed by atoms with Crippen LogP contribution in [0.25, 0.3) is 0 Å². The summed E-state index contributed by atoms with van der Waals surface area (Å²) in [6.07, 6.45) is -0.0918. The number of hydrogen-bond donors (Lipinski definition) is 1. The fourth-order valence-electron chi connectivity index (χ4n) is 3.63. The molecule has 8 heteroatoms. The number of benzene rings is 3. The molecule has 0 radical (unpaired) electrons. The molecular weight excluding hydrogens is 425 g/mol. The number of rotatable bonds is 9. The van der Waals surface area contributed by atoms with Gasteiger partial charge in [0.25, 0.3) is 5.69 Å². The van der Waals surface area contributed by atoms with Gasteiger partial charge in [0.15, 0.2) is 0 Å². The van der Waals surface area contributed by atoms with E-state index in [0.717, 1.165) is 5.56 Å². The number of carbonyl (C=O) groups excluding carboxylic acids is 2. The number of carbonyl (C=O) groups is 2. The van der Waals surface area contributed by atoms with E-state index < -0.39 is 28.6 Å². The average Bonchev–Trinajstić information content (AvgIpc) is 2.82. The van der Waals surface area contributed by atoms with Crippen molar-refractivity contribution in [2.45, 2.75) is 25.4 Å². The Morgan fingerprint density at radius 1 is 0.970 bits per heavy atom. The maximum atomic E-state index is 14.5. The second kappa shape index (κ2) is 11.0. The summed E-state index contributed by atoms with van der Waals surface area (Å²) in [5, 5.41) is 14.0. The smallest absolute Gasteiger partial charge is 0.273 e. The van der Waals surface area contributed by atoms with Crippen LogP contribution in [0.4, 0.5) is 10.1 Å². The monoisotopic (exact) mass is 449 g/mol. The number of nitrogens with zero attached hydrogens (tertiary/aromatic N) is 2. The van der Waals surface area contributed by atoms with Crippen LogP contribution < -0.4 is 5.32 Å². The number of nitrogens with one attached hydrogen (secondary N) is 1. The highest BCUT2D eigenvalue weighted by Crippen LogP contribution is 2.22. The van der Waals surface area contributed by atoms with E-state index in [1.165, 1.54) is 36.2 Å². The lowest BCUT2D eigenvalue weighted by Gasteiger charge is -2.31. The molecule has 0 aliphatic carbocycles. The summed E-state index contributed by atoms with van der Waals surface area (Å²) in [7, 11) is 1.47. The van der Waals surface area contributed by atoms with Crippen molar-refractivity contribution < 1.29 is 18.9 Å². The summed E-state index contributed by atoms with van der Waals surface area (Å²) in [6, 6.07) is 20.2. The molecule has 0 saturated carbocycles. The van der Waals surface area contributed by atoms with Crippen LogP contribution in [0.15, 0.2) is 78.9 Å². The van der Waals surface area contributed by atoms with E-state index >= 15 is 0 Å². The summed E-state index contributed by atoms with van der Waals surface area (Å²) < 4.78 is 14.5. The van der Waals surface area contributed by atoms with Gasteiger partial charge in [-0.3, -0.25) is 19.7 Å². The number of nitro benzene ring substituents is 1. The van der Waals surface area contributed by atoms with Gasteiger partial charge >= 0.3 is 0 Å².